The summed E-state index contributed by atoms with van der Waals surface area (Å²) in [5.74, 6) is 2.24. The summed E-state index contributed by atoms with van der Waals surface area (Å²) >= 11 is 0. The Morgan fingerprint density at radius 1 is 1.11 bits per heavy atom. The second kappa shape index (κ2) is 6.10. The largest absolute Gasteiger partial charge is 0.490 e. The van der Waals surface area contributed by atoms with Crippen molar-refractivity contribution >= 4 is 0 Å². The van der Waals surface area contributed by atoms with Crippen molar-refractivity contribution in [2.75, 3.05) is 19.8 Å². The Bertz CT molecular complexity index is 390. The number of hydrogen-bond donors (Lipinski definition) is 1. The third-order valence-electron chi connectivity index (χ3n) is 3.17. The van der Waals surface area contributed by atoms with Gasteiger partial charge >= 0.3 is 0 Å². The van der Waals surface area contributed by atoms with Crippen LogP contribution in [0.4, 0.5) is 0 Å². The minimum atomic E-state index is 0.476. The molecule has 0 spiro atoms. The van der Waals surface area contributed by atoms with Crippen molar-refractivity contribution in [1.29, 1.82) is 0 Å². The van der Waals surface area contributed by atoms with Crippen LogP contribution in [0.3, 0.4) is 0 Å². The fourth-order valence-electron chi connectivity index (χ4n) is 2.02. The van der Waals surface area contributed by atoms with Crippen LogP contribution in [0.1, 0.15) is 38.7 Å². The number of benzene rings is 1. The van der Waals surface area contributed by atoms with Crippen LogP contribution in [-0.4, -0.2) is 25.8 Å². The lowest BCUT2D eigenvalue weighted by Crippen LogP contribution is -2.26. The first-order valence-electron chi connectivity index (χ1n) is 6.79. The molecule has 0 fully saturated rings. The predicted octanol–water partition coefficient (Wildman–Crippen LogP) is 2.95. The van der Waals surface area contributed by atoms with E-state index in [1.807, 2.05) is 6.07 Å². The van der Waals surface area contributed by atoms with Gasteiger partial charge in [0.2, 0.25) is 0 Å². The Morgan fingerprint density at radius 2 is 1.83 bits per heavy atom. The topological polar surface area (TPSA) is 30.5 Å². The van der Waals surface area contributed by atoms with E-state index in [-0.39, 0.29) is 0 Å². The summed E-state index contributed by atoms with van der Waals surface area (Å²) in [4.78, 5) is 0. The predicted molar refractivity (Wildman–Crippen MR) is 73.6 cm³/mol. The molecule has 0 aromatic heterocycles. The highest BCUT2D eigenvalue weighted by atomic mass is 16.5. The molecular formula is C15H23NO2. The van der Waals surface area contributed by atoms with Crippen molar-refractivity contribution in [2.24, 2.45) is 0 Å². The third kappa shape index (κ3) is 3.39. The van der Waals surface area contributed by atoms with E-state index in [0.717, 1.165) is 37.7 Å². The average molecular weight is 249 g/mol. The van der Waals surface area contributed by atoms with Crippen LogP contribution < -0.4 is 14.8 Å². The maximum atomic E-state index is 5.72. The van der Waals surface area contributed by atoms with Crippen LogP contribution in [0.25, 0.3) is 0 Å². The maximum absolute atomic E-state index is 5.72. The van der Waals surface area contributed by atoms with Crippen LogP contribution in [0.15, 0.2) is 18.2 Å². The van der Waals surface area contributed by atoms with Gasteiger partial charge in [-0.1, -0.05) is 26.8 Å². The number of nitrogens with one attached hydrogen (secondary N) is 1. The molecule has 0 saturated carbocycles. The zero-order valence-electron chi connectivity index (χ0n) is 11.5. The lowest BCUT2D eigenvalue weighted by Gasteiger charge is -2.17. The van der Waals surface area contributed by atoms with E-state index in [4.69, 9.17) is 9.47 Å². The van der Waals surface area contributed by atoms with Gasteiger partial charge in [-0.05, 0) is 23.6 Å². The van der Waals surface area contributed by atoms with Crippen LogP contribution in [0.5, 0.6) is 11.5 Å². The second-order valence-corrected chi connectivity index (χ2v) is 5.22. The van der Waals surface area contributed by atoms with Gasteiger partial charge in [0.15, 0.2) is 11.5 Å². The Kier molecular flexibility index (Phi) is 4.48. The van der Waals surface area contributed by atoms with Crippen molar-refractivity contribution in [3.63, 3.8) is 0 Å². The third-order valence-corrected chi connectivity index (χ3v) is 3.17. The first-order chi connectivity index (χ1) is 8.66. The number of ether oxygens (including phenoxy) is 2. The first-order valence-corrected chi connectivity index (χ1v) is 6.79. The molecule has 1 N–H and O–H groups in total. The molecule has 1 aliphatic heterocycles. The normalized spacial score (nSPS) is 16.4. The Morgan fingerprint density at radius 3 is 2.56 bits per heavy atom. The molecule has 1 heterocycles. The van der Waals surface area contributed by atoms with Crippen LogP contribution in [0.2, 0.25) is 0 Å². The van der Waals surface area contributed by atoms with Gasteiger partial charge in [0, 0.05) is 19.0 Å². The summed E-state index contributed by atoms with van der Waals surface area (Å²) in [6.07, 6.45) is 0.953. The monoisotopic (exact) mass is 249 g/mol. The van der Waals surface area contributed by atoms with Crippen molar-refractivity contribution in [3.8, 4) is 11.5 Å². The van der Waals surface area contributed by atoms with Crippen molar-refractivity contribution in [2.45, 2.75) is 39.2 Å². The van der Waals surface area contributed by atoms with Crippen LogP contribution >= 0.6 is 0 Å². The van der Waals surface area contributed by atoms with Crippen molar-refractivity contribution < 1.29 is 9.47 Å². The van der Waals surface area contributed by atoms with Gasteiger partial charge < -0.3 is 14.8 Å². The zero-order chi connectivity index (χ0) is 13.0. The van der Waals surface area contributed by atoms with E-state index in [2.05, 4.69) is 38.2 Å². The van der Waals surface area contributed by atoms with E-state index in [1.54, 1.807) is 0 Å². The van der Waals surface area contributed by atoms with Gasteiger partial charge in [0.1, 0.15) is 0 Å². The quantitative estimate of drug-likeness (QED) is 0.890. The highest BCUT2D eigenvalue weighted by Gasteiger charge is 2.13. The molecule has 3 nitrogen and oxygen atoms in total. The number of hydrogen-bond acceptors (Lipinski definition) is 3. The molecule has 100 valence electrons. The summed E-state index contributed by atoms with van der Waals surface area (Å²) in [5, 5.41) is 3.46. The molecule has 1 aromatic carbocycles. The van der Waals surface area contributed by atoms with Crippen LogP contribution in [-0.2, 0) is 0 Å². The summed E-state index contributed by atoms with van der Waals surface area (Å²) < 4.78 is 11.4. The molecular weight excluding hydrogens is 226 g/mol. The van der Waals surface area contributed by atoms with E-state index >= 15 is 0 Å². The molecule has 0 amide bonds. The van der Waals surface area contributed by atoms with Crippen LogP contribution in [0, 0.1) is 0 Å². The molecule has 0 aliphatic carbocycles. The highest BCUT2D eigenvalue weighted by molar-refractivity contribution is 5.44. The Balaban J connectivity index is 2.07. The molecule has 0 bridgehead atoms. The molecule has 0 saturated heterocycles. The minimum Gasteiger partial charge on any atom is -0.490 e. The molecule has 18 heavy (non-hydrogen) atoms. The molecule has 1 atom stereocenters. The van der Waals surface area contributed by atoms with Gasteiger partial charge in [-0.3, -0.25) is 0 Å². The lowest BCUT2D eigenvalue weighted by molar-refractivity contribution is 0.297. The fraction of sp³-hybridized carbons (Fsp3) is 0.600. The average Bonchev–Trinajstić information content (AvgIpc) is 2.60. The summed E-state index contributed by atoms with van der Waals surface area (Å²) in [6.45, 7) is 9.04. The lowest BCUT2D eigenvalue weighted by atomic mass is 10.0. The second-order valence-electron chi connectivity index (χ2n) is 5.22. The van der Waals surface area contributed by atoms with Crippen molar-refractivity contribution in [3.05, 3.63) is 23.8 Å². The van der Waals surface area contributed by atoms with Gasteiger partial charge in [-0.25, -0.2) is 0 Å². The number of fused-ring (bicyclic) bond motifs is 1. The summed E-state index contributed by atoms with van der Waals surface area (Å²) in [5.41, 5.74) is 1.30. The van der Waals surface area contributed by atoms with E-state index in [1.165, 1.54) is 5.56 Å². The van der Waals surface area contributed by atoms with Gasteiger partial charge in [0.25, 0.3) is 0 Å². The highest BCUT2D eigenvalue weighted by Crippen LogP contribution is 2.32. The van der Waals surface area contributed by atoms with Gasteiger partial charge in [-0.2, -0.15) is 0 Å². The SMILES string of the molecule is CC(C)NCC(C)c1ccc2c(c1)OCCCO2. The van der Waals surface area contributed by atoms with Gasteiger partial charge in [0.05, 0.1) is 13.2 Å². The molecule has 1 unspecified atom stereocenters. The first kappa shape index (κ1) is 13.2. The van der Waals surface area contributed by atoms with Crippen molar-refractivity contribution in [1.82, 2.24) is 5.32 Å². The maximum Gasteiger partial charge on any atom is 0.161 e. The minimum absolute atomic E-state index is 0.476. The summed E-state index contributed by atoms with van der Waals surface area (Å²) in [6, 6.07) is 6.81. The van der Waals surface area contributed by atoms with E-state index < -0.39 is 0 Å². The Labute approximate surface area is 109 Å². The number of rotatable bonds is 4. The summed E-state index contributed by atoms with van der Waals surface area (Å²) in [7, 11) is 0. The fourth-order valence-corrected chi connectivity index (χ4v) is 2.02. The Hall–Kier alpha value is -1.22. The molecule has 1 aliphatic rings. The smallest absolute Gasteiger partial charge is 0.161 e. The molecule has 0 radical (unpaired) electrons. The molecule has 1 aromatic rings. The van der Waals surface area contributed by atoms with E-state index in [0.29, 0.717) is 12.0 Å². The van der Waals surface area contributed by atoms with E-state index in [9.17, 15) is 0 Å². The zero-order valence-corrected chi connectivity index (χ0v) is 11.5. The molecule has 3 heteroatoms. The molecule has 2 rings (SSSR count). The standard InChI is InChI=1S/C15H23NO2/c1-11(2)16-10-12(3)13-5-6-14-15(9-13)18-8-4-7-17-14/h5-6,9,11-12,16H,4,7-8,10H2,1-3H3. The van der Waals surface area contributed by atoms with Gasteiger partial charge in [-0.15, -0.1) is 0 Å².